The Morgan fingerprint density at radius 1 is 1.28 bits per heavy atom. The van der Waals surface area contributed by atoms with Crippen molar-refractivity contribution in [2.24, 2.45) is 0 Å². The van der Waals surface area contributed by atoms with Gasteiger partial charge in [-0.1, -0.05) is 41.9 Å². The normalized spacial score (nSPS) is 14.6. The SMILES string of the molecule is C=CCOC(=O)C1=C(C)Nc2ncnn2C1c1cc(Br)c(OCc2ccc(Cl)cc2Cl)c(OCC)c1. The van der Waals surface area contributed by atoms with Crippen molar-refractivity contribution in [1.82, 2.24) is 14.8 Å². The molecule has 1 aliphatic rings. The highest BCUT2D eigenvalue weighted by Gasteiger charge is 2.35. The van der Waals surface area contributed by atoms with Gasteiger partial charge in [0, 0.05) is 21.3 Å². The molecule has 3 aromatic rings. The number of nitrogens with zero attached hydrogens (tertiary/aromatic N) is 3. The molecule has 188 valence electrons. The lowest BCUT2D eigenvalue weighted by atomic mass is 9.95. The number of anilines is 1. The molecule has 0 aliphatic carbocycles. The van der Waals surface area contributed by atoms with Crippen LogP contribution in [0.15, 0.2) is 65.1 Å². The summed E-state index contributed by atoms with van der Waals surface area (Å²) in [6, 6.07) is 8.29. The average Bonchev–Trinajstić information content (AvgIpc) is 3.30. The molecule has 1 unspecified atom stereocenters. The highest BCUT2D eigenvalue weighted by molar-refractivity contribution is 9.10. The summed E-state index contributed by atoms with van der Waals surface area (Å²) in [5.41, 5.74) is 2.50. The molecular weight excluding hydrogens is 571 g/mol. The zero-order chi connectivity index (χ0) is 25.8. The van der Waals surface area contributed by atoms with Crippen molar-refractivity contribution >= 4 is 51.0 Å². The highest BCUT2D eigenvalue weighted by atomic mass is 79.9. The summed E-state index contributed by atoms with van der Waals surface area (Å²) in [6.45, 7) is 7.97. The Kier molecular flexibility index (Phi) is 8.23. The van der Waals surface area contributed by atoms with Crippen LogP contribution in [0.4, 0.5) is 5.95 Å². The predicted molar refractivity (Wildman–Crippen MR) is 142 cm³/mol. The number of hydrogen-bond acceptors (Lipinski definition) is 7. The average molecular weight is 594 g/mol. The molecule has 2 aromatic carbocycles. The zero-order valence-corrected chi connectivity index (χ0v) is 22.7. The summed E-state index contributed by atoms with van der Waals surface area (Å²) < 4.78 is 19.7. The van der Waals surface area contributed by atoms with E-state index in [-0.39, 0.29) is 13.2 Å². The van der Waals surface area contributed by atoms with E-state index in [0.29, 0.717) is 49.8 Å². The fraction of sp³-hybridized carbons (Fsp3) is 0.240. The van der Waals surface area contributed by atoms with Gasteiger partial charge >= 0.3 is 5.97 Å². The number of rotatable bonds is 9. The van der Waals surface area contributed by atoms with E-state index in [0.717, 1.165) is 11.1 Å². The van der Waals surface area contributed by atoms with Gasteiger partial charge in [-0.2, -0.15) is 10.1 Å². The Bertz CT molecular complexity index is 1340. The van der Waals surface area contributed by atoms with Crippen molar-refractivity contribution < 1.29 is 19.0 Å². The minimum Gasteiger partial charge on any atom is -0.490 e. The number of fused-ring (bicyclic) bond motifs is 1. The first-order chi connectivity index (χ1) is 17.3. The number of esters is 1. The van der Waals surface area contributed by atoms with E-state index in [1.165, 1.54) is 12.4 Å². The second kappa shape index (κ2) is 11.4. The molecule has 0 fully saturated rings. The van der Waals surface area contributed by atoms with Crippen molar-refractivity contribution in [3.05, 3.63) is 86.2 Å². The van der Waals surface area contributed by atoms with E-state index in [1.54, 1.807) is 23.7 Å². The quantitative estimate of drug-likeness (QED) is 0.229. The summed E-state index contributed by atoms with van der Waals surface area (Å²) in [7, 11) is 0. The van der Waals surface area contributed by atoms with E-state index in [4.69, 9.17) is 37.4 Å². The number of hydrogen-bond donors (Lipinski definition) is 1. The molecule has 1 N–H and O–H groups in total. The number of halogens is 3. The standard InChI is InChI=1S/C25H23BrCl2N4O4/c1-4-8-35-24(33)21-14(3)31-25-29-13-30-32(25)22(21)16-9-18(26)23(20(10-16)34-5-2)36-12-15-6-7-17(27)11-19(15)28/h4,6-7,9-11,13,22H,1,5,8,12H2,2-3H3,(H,29,30,31). The third kappa shape index (κ3) is 5.38. The van der Waals surface area contributed by atoms with Crippen molar-refractivity contribution in [3.8, 4) is 11.5 Å². The fourth-order valence-electron chi connectivity index (χ4n) is 3.81. The number of benzene rings is 2. The van der Waals surface area contributed by atoms with Crippen molar-refractivity contribution in [1.29, 1.82) is 0 Å². The van der Waals surface area contributed by atoms with Gasteiger partial charge in [0.1, 0.15) is 25.6 Å². The Morgan fingerprint density at radius 2 is 2.08 bits per heavy atom. The van der Waals surface area contributed by atoms with Crippen LogP contribution in [0.1, 0.15) is 31.0 Å². The van der Waals surface area contributed by atoms with Gasteiger partial charge in [-0.25, -0.2) is 9.48 Å². The van der Waals surface area contributed by atoms with Gasteiger partial charge in [0.05, 0.1) is 16.7 Å². The van der Waals surface area contributed by atoms with Crippen LogP contribution in [0.5, 0.6) is 11.5 Å². The molecule has 0 saturated carbocycles. The Labute approximate surface area is 227 Å². The molecule has 1 aliphatic heterocycles. The van der Waals surface area contributed by atoms with Crippen LogP contribution in [0.25, 0.3) is 0 Å². The molecule has 36 heavy (non-hydrogen) atoms. The van der Waals surface area contributed by atoms with Crippen LogP contribution in [-0.4, -0.2) is 33.9 Å². The summed E-state index contributed by atoms with van der Waals surface area (Å²) in [5.74, 6) is 1.00. The second-order valence-corrected chi connectivity index (χ2v) is 9.47. The number of nitrogens with one attached hydrogen (secondary N) is 1. The third-order valence-corrected chi connectivity index (χ3v) is 6.56. The van der Waals surface area contributed by atoms with Crippen LogP contribution >= 0.6 is 39.1 Å². The first-order valence-electron chi connectivity index (χ1n) is 11.0. The minimum absolute atomic E-state index is 0.0838. The summed E-state index contributed by atoms with van der Waals surface area (Å²) in [6.07, 6.45) is 2.94. The highest BCUT2D eigenvalue weighted by Crippen LogP contribution is 2.43. The summed E-state index contributed by atoms with van der Waals surface area (Å²) in [5, 5.41) is 8.51. The molecule has 0 amide bonds. The lowest BCUT2D eigenvalue weighted by Gasteiger charge is -2.29. The maximum Gasteiger partial charge on any atom is 0.338 e. The van der Waals surface area contributed by atoms with E-state index in [1.807, 2.05) is 25.1 Å². The summed E-state index contributed by atoms with van der Waals surface area (Å²) in [4.78, 5) is 17.3. The maximum atomic E-state index is 13.0. The third-order valence-electron chi connectivity index (χ3n) is 5.38. The first-order valence-corrected chi connectivity index (χ1v) is 12.6. The van der Waals surface area contributed by atoms with E-state index in [9.17, 15) is 4.79 Å². The smallest absolute Gasteiger partial charge is 0.338 e. The molecule has 1 atom stereocenters. The molecule has 1 aromatic heterocycles. The van der Waals surface area contributed by atoms with Gasteiger partial charge in [0.2, 0.25) is 5.95 Å². The van der Waals surface area contributed by atoms with Gasteiger partial charge in [0.25, 0.3) is 0 Å². The maximum absolute atomic E-state index is 13.0. The number of carbonyl (C=O) groups excluding carboxylic acids is 1. The monoisotopic (exact) mass is 592 g/mol. The van der Waals surface area contributed by atoms with Gasteiger partial charge < -0.3 is 19.5 Å². The molecule has 0 bridgehead atoms. The van der Waals surface area contributed by atoms with Crippen LogP contribution in [0.3, 0.4) is 0 Å². The predicted octanol–water partition coefficient (Wildman–Crippen LogP) is 6.34. The van der Waals surface area contributed by atoms with E-state index < -0.39 is 12.0 Å². The van der Waals surface area contributed by atoms with Gasteiger partial charge in [-0.15, -0.1) is 0 Å². The first kappa shape index (κ1) is 26.1. The topological polar surface area (TPSA) is 87.5 Å². The van der Waals surface area contributed by atoms with E-state index >= 15 is 0 Å². The van der Waals surface area contributed by atoms with Crippen LogP contribution in [0.2, 0.25) is 10.0 Å². The van der Waals surface area contributed by atoms with Crippen molar-refractivity contribution in [2.75, 3.05) is 18.5 Å². The molecule has 0 spiro atoms. The lowest BCUT2D eigenvalue weighted by Crippen LogP contribution is -2.29. The van der Waals surface area contributed by atoms with Crippen molar-refractivity contribution in [2.45, 2.75) is 26.5 Å². The molecule has 2 heterocycles. The van der Waals surface area contributed by atoms with E-state index in [2.05, 4.69) is 37.9 Å². The number of carbonyl (C=O) groups is 1. The lowest BCUT2D eigenvalue weighted by molar-refractivity contribution is -0.138. The van der Waals surface area contributed by atoms with Gasteiger partial charge in [0.15, 0.2) is 11.5 Å². The van der Waals surface area contributed by atoms with Crippen LogP contribution in [0, 0.1) is 0 Å². The molecular formula is C25H23BrCl2N4O4. The minimum atomic E-state index is -0.615. The Balaban J connectivity index is 1.74. The molecule has 0 radical (unpaired) electrons. The van der Waals surface area contributed by atoms with Crippen LogP contribution < -0.4 is 14.8 Å². The number of ether oxygens (including phenoxy) is 3. The fourth-order valence-corrected chi connectivity index (χ4v) is 4.85. The summed E-state index contributed by atoms with van der Waals surface area (Å²) >= 11 is 15.9. The molecule has 4 rings (SSSR count). The zero-order valence-electron chi connectivity index (χ0n) is 19.6. The Hall–Kier alpha value is -3.01. The Morgan fingerprint density at radius 3 is 2.81 bits per heavy atom. The van der Waals surface area contributed by atoms with Crippen molar-refractivity contribution in [3.63, 3.8) is 0 Å². The number of allylic oxidation sites excluding steroid dienone is 1. The molecule has 11 heteroatoms. The molecule has 8 nitrogen and oxygen atoms in total. The van der Waals surface area contributed by atoms with Gasteiger partial charge in [-0.05, 0) is 59.6 Å². The second-order valence-electron chi connectivity index (χ2n) is 7.77. The largest absolute Gasteiger partial charge is 0.490 e. The van der Waals surface area contributed by atoms with Gasteiger partial charge in [-0.3, -0.25) is 0 Å². The number of aromatic nitrogens is 3. The molecule has 0 saturated heterocycles. The van der Waals surface area contributed by atoms with Crippen LogP contribution in [-0.2, 0) is 16.1 Å².